The van der Waals surface area contributed by atoms with Crippen molar-refractivity contribution in [2.45, 2.75) is 18.9 Å². The molecule has 0 radical (unpaired) electrons. The van der Waals surface area contributed by atoms with Crippen molar-refractivity contribution in [2.75, 3.05) is 44.7 Å². The first-order valence-electron chi connectivity index (χ1n) is 9.84. The van der Waals surface area contributed by atoms with Crippen molar-refractivity contribution in [1.29, 1.82) is 0 Å². The average molecular weight is 383 g/mol. The molecule has 2 aromatic rings. The molecule has 1 unspecified atom stereocenters. The number of nitrogens with zero attached hydrogens (tertiary/aromatic N) is 2. The van der Waals surface area contributed by atoms with E-state index in [0.29, 0.717) is 12.0 Å². The summed E-state index contributed by atoms with van der Waals surface area (Å²) in [6, 6.07) is 15.2. The van der Waals surface area contributed by atoms with Gasteiger partial charge < -0.3 is 20.4 Å². The van der Waals surface area contributed by atoms with Crippen LogP contribution < -0.4 is 10.2 Å². The van der Waals surface area contributed by atoms with E-state index in [0.717, 1.165) is 39.1 Å². The maximum atomic E-state index is 11.8. The lowest BCUT2D eigenvalue weighted by molar-refractivity contribution is 0.0960. The highest BCUT2D eigenvalue weighted by Gasteiger charge is 2.18. The first-order chi connectivity index (χ1) is 13.6. The molecule has 1 fully saturated rings. The molecule has 1 atom stereocenters. The van der Waals surface area contributed by atoms with Gasteiger partial charge in [0.1, 0.15) is 5.75 Å². The van der Waals surface area contributed by atoms with Crippen LogP contribution in [0.2, 0.25) is 0 Å². The Kier molecular flexibility index (Phi) is 6.90. The van der Waals surface area contributed by atoms with E-state index >= 15 is 0 Å². The molecule has 0 aliphatic carbocycles. The van der Waals surface area contributed by atoms with Crippen LogP contribution in [-0.4, -0.2) is 60.8 Å². The molecule has 3 N–H and O–H groups in total. The standard InChI is InChI=1S/C22H29N3O3/c1-23-22(28)19-16-17(9-10-21(19)27)20(26)8-5-11-24-12-14-25(15-13-24)18-6-3-2-4-7-18/h2-4,6-7,9-10,16,20,26-27H,5,8,11-15H2,1H3,(H,23,28). The highest BCUT2D eigenvalue weighted by Crippen LogP contribution is 2.25. The Bertz CT molecular complexity index is 774. The monoisotopic (exact) mass is 383 g/mol. The second kappa shape index (κ2) is 9.57. The lowest BCUT2D eigenvalue weighted by Crippen LogP contribution is -2.46. The first-order valence-corrected chi connectivity index (χ1v) is 9.84. The number of aromatic hydroxyl groups is 1. The Morgan fingerprint density at radius 2 is 1.82 bits per heavy atom. The third-order valence-electron chi connectivity index (χ3n) is 5.32. The van der Waals surface area contributed by atoms with Gasteiger partial charge in [-0.3, -0.25) is 9.69 Å². The van der Waals surface area contributed by atoms with Crippen molar-refractivity contribution in [3.05, 3.63) is 59.7 Å². The van der Waals surface area contributed by atoms with Crippen molar-refractivity contribution < 1.29 is 15.0 Å². The topological polar surface area (TPSA) is 76.0 Å². The highest BCUT2D eigenvalue weighted by atomic mass is 16.3. The SMILES string of the molecule is CNC(=O)c1cc(C(O)CCCN2CCN(c3ccccc3)CC2)ccc1O. The summed E-state index contributed by atoms with van der Waals surface area (Å²) in [6.07, 6.45) is 0.856. The van der Waals surface area contributed by atoms with Crippen LogP contribution in [0.5, 0.6) is 5.75 Å². The molecule has 0 aromatic heterocycles. The van der Waals surface area contributed by atoms with Crippen molar-refractivity contribution in [3.8, 4) is 5.75 Å². The quantitative estimate of drug-likeness (QED) is 0.684. The average Bonchev–Trinajstić information content (AvgIpc) is 2.74. The van der Waals surface area contributed by atoms with Crippen LogP contribution in [0.1, 0.15) is 34.9 Å². The molecule has 1 heterocycles. The predicted octanol–water partition coefficient (Wildman–Crippen LogP) is 2.39. The summed E-state index contributed by atoms with van der Waals surface area (Å²) in [7, 11) is 1.52. The van der Waals surface area contributed by atoms with Crippen LogP contribution in [0.3, 0.4) is 0 Å². The number of aliphatic hydroxyl groups is 1. The molecule has 1 saturated heterocycles. The Morgan fingerprint density at radius 3 is 2.50 bits per heavy atom. The van der Waals surface area contributed by atoms with Crippen LogP contribution in [0.25, 0.3) is 0 Å². The summed E-state index contributed by atoms with van der Waals surface area (Å²) < 4.78 is 0. The zero-order chi connectivity index (χ0) is 19.9. The van der Waals surface area contributed by atoms with Gasteiger partial charge in [0.15, 0.2) is 0 Å². The fourth-order valence-corrected chi connectivity index (χ4v) is 3.62. The van der Waals surface area contributed by atoms with E-state index in [1.54, 1.807) is 12.1 Å². The molecule has 0 bridgehead atoms. The van der Waals surface area contributed by atoms with Crippen LogP contribution in [0.15, 0.2) is 48.5 Å². The normalized spacial score (nSPS) is 16.0. The maximum Gasteiger partial charge on any atom is 0.254 e. The van der Waals surface area contributed by atoms with Crippen LogP contribution in [0.4, 0.5) is 5.69 Å². The number of rotatable bonds is 7. The van der Waals surface area contributed by atoms with Crippen molar-refractivity contribution in [1.82, 2.24) is 10.2 Å². The van der Waals surface area contributed by atoms with E-state index < -0.39 is 6.10 Å². The number of piperazine rings is 1. The lowest BCUT2D eigenvalue weighted by atomic mass is 10.0. The van der Waals surface area contributed by atoms with Crippen molar-refractivity contribution in [3.63, 3.8) is 0 Å². The van der Waals surface area contributed by atoms with Crippen molar-refractivity contribution in [2.24, 2.45) is 0 Å². The largest absolute Gasteiger partial charge is 0.507 e. The number of phenols is 1. The van der Waals surface area contributed by atoms with E-state index in [-0.39, 0.29) is 17.2 Å². The summed E-state index contributed by atoms with van der Waals surface area (Å²) in [4.78, 5) is 16.6. The zero-order valence-corrected chi connectivity index (χ0v) is 16.3. The van der Waals surface area contributed by atoms with E-state index in [4.69, 9.17) is 0 Å². The van der Waals surface area contributed by atoms with Crippen molar-refractivity contribution >= 4 is 11.6 Å². The van der Waals surface area contributed by atoms with E-state index in [2.05, 4.69) is 39.4 Å². The molecular weight excluding hydrogens is 354 g/mol. The van der Waals surface area contributed by atoms with Gasteiger partial charge in [-0.25, -0.2) is 0 Å². The molecule has 2 aromatic carbocycles. The number of aliphatic hydroxyl groups excluding tert-OH is 1. The van der Waals surface area contributed by atoms with Crippen LogP contribution in [0, 0.1) is 0 Å². The molecular formula is C22H29N3O3. The number of phenolic OH excluding ortho intramolecular Hbond substituents is 1. The molecule has 0 spiro atoms. The van der Waals surface area contributed by atoms with Gasteiger partial charge in [-0.1, -0.05) is 24.3 Å². The molecule has 6 heteroatoms. The summed E-state index contributed by atoms with van der Waals surface area (Å²) >= 11 is 0. The zero-order valence-electron chi connectivity index (χ0n) is 16.3. The van der Waals surface area contributed by atoms with Gasteiger partial charge in [0.05, 0.1) is 11.7 Å². The fourth-order valence-electron chi connectivity index (χ4n) is 3.62. The third-order valence-corrected chi connectivity index (χ3v) is 5.32. The molecule has 150 valence electrons. The summed E-state index contributed by atoms with van der Waals surface area (Å²) in [5.74, 6) is -0.436. The maximum absolute atomic E-state index is 11.8. The summed E-state index contributed by atoms with van der Waals surface area (Å²) in [6.45, 7) is 5.01. The Hall–Kier alpha value is -2.57. The first kappa shape index (κ1) is 20.2. The summed E-state index contributed by atoms with van der Waals surface area (Å²) in [5, 5.41) is 22.8. The smallest absolute Gasteiger partial charge is 0.254 e. The molecule has 1 aliphatic rings. The number of benzene rings is 2. The minimum Gasteiger partial charge on any atom is -0.507 e. The predicted molar refractivity (Wildman–Crippen MR) is 111 cm³/mol. The van der Waals surface area contributed by atoms with Gasteiger partial charge in [-0.05, 0) is 49.2 Å². The molecule has 28 heavy (non-hydrogen) atoms. The molecule has 6 nitrogen and oxygen atoms in total. The number of carbonyl (C=O) groups excluding carboxylic acids is 1. The number of hydrogen-bond donors (Lipinski definition) is 3. The van der Waals surface area contributed by atoms with Crippen LogP contribution in [-0.2, 0) is 0 Å². The lowest BCUT2D eigenvalue weighted by Gasteiger charge is -2.36. The third kappa shape index (κ3) is 5.03. The second-order valence-electron chi connectivity index (χ2n) is 7.18. The number of amides is 1. The van der Waals surface area contributed by atoms with E-state index in [1.807, 2.05) is 6.07 Å². The highest BCUT2D eigenvalue weighted by molar-refractivity contribution is 5.96. The summed E-state index contributed by atoms with van der Waals surface area (Å²) in [5.41, 5.74) is 2.12. The molecule has 1 aliphatic heterocycles. The minimum absolute atomic E-state index is 0.0772. The van der Waals surface area contributed by atoms with Gasteiger partial charge in [-0.2, -0.15) is 0 Å². The Morgan fingerprint density at radius 1 is 1.11 bits per heavy atom. The van der Waals surface area contributed by atoms with E-state index in [1.165, 1.54) is 18.8 Å². The van der Waals surface area contributed by atoms with Gasteiger partial charge in [0.25, 0.3) is 5.91 Å². The van der Waals surface area contributed by atoms with Gasteiger partial charge in [-0.15, -0.1) is 0 Å². The number of nitrogens with one attached hydrogen (secondary N) is 1. The van der Waals surface area contributed by atoms with Gasteiger partial charge in [0.2, 0.25) is 0 Å². The van der Waals surface area contributed by atoms with E-state index in [9.17, 15) is 15.0 Å². The fraction of sp³-hybridized carbons (Fsp3) is 0.409. The Balaban J connectivity index is 1.45. The number of carbonyl (C=O) groups is 1. The Labute approximate surface area is 166 Å². The minimum atomic E-state index is -0.644. The molecule has 1 amide bonds. The van der Waals surface area contributed by atoms with Gasteiger partial charge >= 0.3 is 0 Å². The van der Waals surface area contributed by atoms with Crippen LogP contribution >= 0.6 is 0 Å². The second-order valence-corrected chi connectivity index (χ2v) is 7.18. The molecule has 0 saturated carbocycles. The number of hydrogen-bond acceptors (Lipinski definition) is 5. The number of para-hydroxylation sites is 1. The van der Waals surface area contributed by atoms with Gasteiger partial charge in [0, 0.05) is 38.9 Å². The number of anilines is 1. The molecule has 3 rings (SSSR count).